The summed E-state index contributed by atoms with van der Waals surface area (Å²) >= 11 is 0. The third-order valence-corrected chi connectivity index (χ3v) is 6.93. The number of carbonyl (C=O) groups excluding carboxylic acids is 2. The Bertz CT molecular complexity index is 482. The van der Waals surface area contributed by atoms with Gasteiger partial charge in [-0.25, -0.2) is 0 Å². The van der Waals surface area contributed by atoms with E-state index in [1.54, 1.807) is 0 Å². The minimum absolute atomic E-state index is 0.283. The van der Waals surface area contributed by atoms with Gasteiger partial charge in [-0.1, -0.05) is 12.8 Å². The molecule has 3 aliphatic rings. The van der Waals surface area contributed by atoms with E-state index >= 15 is 0 Å². The zero-order valence-corrected chi connectivity index (χ0v) is 16.8. The summed E-state index contributed by atoms with van der Waals surface area (Å²) in [6.45, 7) is 3.97. The Morgan fingerprint density at radius 2 is 1.65 bits per heavy atom. The highest BCUT2D eigenvalue weighted by molar-refractivity contribution is 5.79. The average molecular weight is 364 g/mol. The number of piperidine rings is 2. The molecule has 148 valence electrons. The summed E-state index contributed by atoms with van der Waals surface area (Å²) in [7, 11) is 4.13. The minimum atomic E-state index is 0.283. The molecule has 3 fully saturated rings. The summed E-state index contributed by atoms with van der Waals surface area (Å²) in [5, 5.41) is 0. The van der Waals surface area contributed by atoms with Gasteiger partial charge >= 0.3 is 0 Å². The smallest absolute Gasteiger partial charge is 0.225 e. The molecule has 0 radical (unpaired) electrons. The van der Waals surface area contributed by atoms with E-state index in [-0.39, 0.29) is 5.92 Å². The van der Waals surface area contributed by atoms with E-state index in [4.69, 9.17) is 0 Å². The maximum Gasteiger partial charge on any atom is 0.225 e. The molecule has 2 amide bonds. The van der Waals surface area contributed by atoms with Crippen LogP contribution in [0.4, 0.5) is 0 Å². The van der Waals surface area contributed by atoms with Crippen LogP contribution >= 0.6 is 0 Å². The highest BCUT2D eigenvalue weighted by atomic mass is 16.2. The Morgan fingerprint density at radius 3 is 2.35 bits per heavy atom. The Labute approximate surface area is 159 Å². The number of nitrogens with zero attached hydrogens (tertiary/aromatic N) is 3. The number of rotatable bonds is 5. The molecular weight excluding hydrogens is 326 g/mol. The molecule has 0 bridgehead atoms. The summed E-state index contributed by atoms with van der Waals surface area (Å²) < 4.78 is 0. The van der Waals surface area contributed by atoms with Crippen molar-refractivity contribution in [3.63, 3.8) is 0 Å². The fourth-order valence-corrected chi connectivity index (χ4v) is 5.02. The van der Waals surface area contributed by atoms with E-state index < -0.39 is 0 Å². The van der Waals surface area contributed by atoms with Gasteiger partial charge in [0.15, 0.2) is 0 Å². The van der Waals surface area contributed by atoms with Crippen molar-refractivity contribution in [1.29, 1.82) is 0 Å². The lowest BCUT2D eigenvalue weighted by Gasteiger charge is -2.36. The van der Waals surface area contributed by atoms with Crippen molar-refractivity contribution in [2.45, 2.75) is 70.3 Å². The second kappa shape index (κ2) is 9.20. The number of likely N-dealkylation sites (tertiary alicyclic amines) is 2. The third kappa shape index (κ3) is 4.99. The quantitative estimate of drug-likeness (QED) is 0.754. The van der Waals surface area contributed by atoms with Crippen molar-refractivity contribution in [2.24, 2.45) is 11.8 Å². The van der Waals surface area contributed by atoms with Crippen molar-refractivity contribution in [2.75, 3.05) is 40.3 Å². The molecule has 2 heterocycles. The van der Waals surface area contributed by atoms with Crippen molar-refractivity contribution >= 4 is 11.8 Å². The molecule has 2 aliphatic heterocycles. The molecule has 2 saturated heterocycles. The Kier molecular flexibility index (Phi) is 6.96. The predicted octanol–water partition coefficient (Wildman–Crippen LogP) is 2.75. The number of carbonyl (C=O) groups is 2. The molecule has 0 spiro atoms. The molecule has 0 aromatic heterocycles. The van der Waals surface area contributed by atoms with Gasteiger partial charge in [-0.05, 0) is 71.0 Å². The van der Waals surface area contributed by atoms with Crippen LogP contribution < -0.4 is 0 Å². The second-order valence-electron chi connectivity index (χ2n) is 8.85. The van der Waals surface area contributed by atoms with Crippen molar-refractivity contribution < 1.29 is 9.59 Å². The first kappa shape index (κ1) is 19.7. The van der Waals surface area contributed by atoms with Gasteiger partial charge in [0.25, 0.3) is 0 Å². The zero-order chi connectivity index (χ0) is 18.5. The van der Waals surface area contributed by atoms with Crippen LogP contribution in [0.25, 0.3) is 0 Å². The van der Waals surface area contributed by atoms with Crippen LogP contribution in [-0.4, -0.2) is 72.8 Å². The summed E-state index contributed by atoms with van der Waals surface area (Å²) in [6, 6.07) is 0.408. The van der Waals surface area contributed by atoms with Gasteiger partial charge in [-0.15, -0.1) is 0 Å². The van der Waals surface area contributed by atoms with Crippen molar-refractivity contribution in [3.8, 4) is 0 Å². The SMILES string of the molecule is CN1CCC(N(C)C(=O)CC[C@@H]2CCCN(C(=O)C3CCCC3)C2)CC1. The minimum Gasteiger partial charge on any atom is -0.343 e. The molecule has 0 unspecified atom stereocenters. The van der Waals surface area contributed by atoms with E-state index in [1.807, 2.05) is 11.9 Å². The highest BCUT2D eigenvalue weighted by Gasteiger charge is 2.31. The fraction of sp³-hybridized carbons (Fsp3) is 0.905. The molecule has 1 aliphatic carbocycles. The lowest BCUT2D eigenvalue weighted by atomic mass is 9.91. The van der Waals surface area contributed by atoms with Gasteiger partial charge in [0.05, 0.1) is 0 Å². The standard InChI is InChI=1S/C21H37N3O2/c1-22-14-11-19(12-15-22)23(2)20(25)10-9-17-6-5-13-24(16-17)21(26)18-7-3-4-8-18/h17-19H,3-16H2,1-2H3/t17-/m0/s1. The lowest BCUT2D eigenvalue weighted by molar-refractivity contribution is -0.137. The van der Waals surface area contributed by atoms with Crippen LogP contribution in [-0.2, 0) is 9.59 Å². The molecule has 1 atom stereocenters. The summed E-state index contributed by atoms with van der Waals surface area (Å²) in [4.78, 5) is 31.7. The van der Waals surface area contributed by atoms with Crippen molar-refractivity contribution in [1.82, 2.24) is 14.7 Å². The van der Waals surface area contributed by atoms with Gasteiger partial charge in [0, 0.05) is 38.5 Å². The van der Waals surface area contributed by atoms with Crippen LogP contribution in [0.1, 0.15) is 64.2 Å². The zero-order valence-electron chi connectivity index (χ0n) is 16.8. The predicted molar refractivity (Wildman–Crippen MR) is 104 cm³/mol. The van der Waals surface area contributed by atoms with E-state index in [1.165, 1.54) is 19.3 Å². The second-order valence-corrected chi connectivity index (χ2v) is 8.85. The molecule has 1 saturated carbocycles. The maximum atomic E-state index is 12.7. The molecule has 26 heavy (non-hydrogen) atoms. The Balaban J connectivity index is 1.42. The topological polar surface area (TPSA) is 43.9 Å². The highest BCUT2D eigenvalue weighted by Crippen LogP contribution is 2.29. The average Bonchev–Trinajstić information content (AvgIpc) is 3.20. The first-order chi connectivity index (χ1) is 12.5. The molecule has 5 heteroatoms. The van der Waals surface area contributed by atoms with Crippen LogP contribution in [0, 0.1) is 11.8 Å². The summed E-state index contributed by atoms with van der Waals surface area (Å²) in [5.41, 5.74) is 0. The first-order valence-corrected chi connectivity index (χ1v) is 10.8. The van der Waals surface area contributed by atoms with Gasteiger partial charge in [-0.3, -0.25) is 9.59 Å². The van der Waals surface area contributed by atoms with Crippen molar-refractivity contribution in [3.05, 3.63) is 0 Å². The maximum absolute atomic E-state index is 12.7. The molecule has 0 N–H and O–H groups in total. The normalized spacial score (nSPS) is 26.2. The number of hydrogen-bond donors (Lipinski definition) is 0. The van der Waals surface area contributed by atoms with Crippen LogP contribution in [0.5, 0.6) is 0 Å². The van der Waals surface area contributed by atoms with Crippen LogP contribution in [0.2, 0.25) is 0 Å². The molecule has 3 rings (SSSR count). The number of amides is 2. The first-order valence-electron chi connectivity index (χ1n) is 10.8. The largest absolute Gasteiger partial charge is 0.343 e. The Morgan fingerprint density at radius 1 is 0.962 bits per heavy atom. The van der Waals surface area contributed by atoms with E-state index in [0.29, 0.717) is 30.2 Å². The monoisotopic (exact) mass is 363 g/mol. The van der Waals surface area contributed by atoms with Gasteiger partial charge in [-0.2, -0.15) is 0 Å². The summed E-state index contributed by atoms with van der Waals surface area (Å²) in [5.74, 6) is 1.47. The summed E-state index contributed by atoms with van der Waals surface area (Å²) in [6.07, 6.45) is 10.6. The third-order valence-electron chi connectivity index (χ3n) is 6.93. The molecule has 5 nitrogen and oxygen atoms in total. The lowest BCUT2D eigenvalue weighted by Crippen LogP contribution is -2.45. The Hall–Kier alpha value is -1.10. The van der Waals surface area contributed by atoms with Gasteiger partial charge < -0.3 is 14.7 Å². The fourth-order valence-electron chi connectivity index (χ4n) is 5.02. The number of hydrogen-bond acceptors (Lipinski definition) is 3. The molecule has 0 aromatic carbocycles. The van der Waals surface area contributed by atoms with Crippen LogP contribution in [0.15, 0.2) is 0 Å². The van der Waals surface area contributed by atoms with E-state index in [2.05, 4.69) is 16.8 Å². The van der Waals surface area contributed by atoms with Gasteiger partial charge in [0.2, 0.25) is 11.8 Å². The van der Waals surface area contributed by atoms with Gasteiger partial charge in [0.1, 0.15) is 0 Å². The van der Waals surface area contributed by atoms with E-state index in [0.717, 1.165) is 64.7 Å². The molecule has 0 aromatic rings. The van der Waals surface area contributed by atoms with E-state index in [9.17, 15) is 9.59 Å². The van der Waals surface area contributed by atoms with Crippen LogP contribution in [0.3, 0.4) is 0 Å². The molecular formula is C21H37N3O2.